The van der Waals surface area contributed by atoms with Gasteiger partial charge in [0.2, 0.25) is 0 Å². The second kappa shape index (κ2) is 9.15. The molecule has 3 aromatic carbocycles. The first-order valence-corrected chi connectivity index (χ1v) is 12.9. The molecule has 6 nitrogen and oxygen atoms in total. The largest absolute Gasteiger partial charge is 0.426 e. The number of benzene rings is 3. The monoisotopic (exact) mass is 488 g/mol. The van der Waals surface area contributed by atoms with Gasteiger partial charge in [-0.3, -0.25) is 0 Å². The van der Waals surface area contributed by atoms with E-state index in [4.69, 9.17) is 15.8 Å². The lowest BCUT2D eigenvalue weighted by atomic mass is 10.1. The van der Waals surface area contributed by atoms with Crippen LogP contribution in [0.1, 0.15) is 5.56 Å². The van der Waals surface area contributed by atoms with Gasteiger partial charge in [-0.1, -0.05) is 29.8 Å². The molecule has 0 spiro atoms. The summed E-state index contributed by atoms with van der Waals surface area (Å²) in [4.78, 5) is 6.71. The maximum atomic E-state index is 11.8. The van der Waals surface area contributed by atoms with E-state index in [1.165, 1.54) is 12.1 Å². The van der Waals surface area contributed by atoms with Crippen LogP contribution in [-0.2, 0) is 9.84 Å². The first-order chi connectivity index (χ1) is 15.2. The molecule has 0 saturated heterocycles. The normalized spacial score (nSPS) is 18.5. The van der Waals surface area contributed by atoms with Crippen LogP contribution in [0, 0.1) is 0 Å². The molecule has 0 aromatic heterocycles. The van der Waals surface area contributed by atoms with E-state index >= 15 is 0 Å². The number of nitrogens with zero attached hydrogens (tertiary/aromatic N) is 2. The number of aliphatic hydroxyl groups is 1. The van der Waals surface area contributed by atoms with Crippen molar-refractivity contribution in [2.75, 3.05) is 23.5 Å². The van der Waals surface area contributed by atoms with Crippen LogP contribution in [0.5, 0.6) is 5.75 Å². The number of para-hydroxylation sites is 1. The van der Waals surface area contributed by atoms with Crippen LogP contribution in [0.15, 0.2) is 88.8 Å². The lowest BCUT2D eigenvalue weighted by Gasteiger charge is -2.24. The third-order valence-electron chi connectivity index (χ3n) is 4.85. The molecule has 0 aliphatic carbocycles. The van der Waals surface area contributed by atoms with Crippen molar-refractivity contribution in [3.8, 4) is 5.75 Å². The van der Waals surface area contributed by atoms with Gasteiger partial charge in [-0.15, -0.1) is 0 Å². The Morgan fingerprint density at radius 3 is 2.34 bits per heavy atom. The Hall–Kier alpha value is -2.52. The molecule has 0 bridgehead atoms. The summed E-state index contributed by atoms with van der Waals surface area (Å²) < 4.78 is 29.3. The number of amidine groups is 1. The Bertz CT molecular complexity index is 1220. The minimum Gasteiger partial charge on any atom is -0.426 e. The molecule has 1 aliphatic heterocycles. The van der Waals surface area contributed by atoms with Crippen LogP contribution in [-0.4, -0.2) is 43.6 Å². The van der Waals surface area contributed by atoms with E-state index < -0.39 is 15.6 Å². The van der Waals surface area contributed by atoms with Crippen LogP contribution in [0.3, 0.4) is 0 Å². The summed E-state index contributed by atoms with van der Waals surface area (Å²) in [5, 5.41) is 11.8. The molecule has 0 radical (unpaired) electrons. The molecule has 32 heavy (non-hydrogen) atoms. The van der Waals surface area contributed by atoms with Crippen LogP contribution in [0.25, 0.3) is 0 Å². The number of sulfone groups is 1. The molecule has 1 unspecified atom stereocenters. The van der Waals surface area contributed by atoms with E-state index in [-0.39, 0.29) is 17.2 Å². The van der Waals surface area contributed by atoms with Gasteiger partial charge in [0.15, 0.2) is 15.6 Å². The Morgan fingerprint density at radius 2 is 1.72 bits per heavy atom. The average molecular weight is 489 g/mol. The molecule has 1 N–H and O–H groups in total. The summed E-state index contributed by atoms with van der Waals surface area (Å²) in [6, 6.07) is 23.0. The van der Waals surface area contributed by atoms with Gasteiger partial charge in [-0.25, -0.2) is 13.4 Å². The lowest BCUT2D eigenvalue weighted by Crippen LogP contribution is -2.38. The fourth-order valence-electron chi connectivity index (χ4n) is 3.27. The predicted molar refractivity (Wildman–Crippen MR) is 129 cm³/mol. The summed E-state index contributed by atoms with van der Waals surface area (Å²) in [5.41, 5.74) is 0.103. The Balaban J connectivity index is 1.61. The fraction of sp³-hybridized carbons (Fsp3) is 0.174. The van der Waals surface area contributed by atoms with Crippen molar-refractivity contribution < 1.29 is 17.7 Å². The molecular weight excluding hydrogens is 468 g/mol. The van der Waals surface area contributed by atoms with Crippen LogP contribution in [0.4, 0.5) is 5.69 Å². The number of β-amino-alcohol motifs (C(OH)–C–C–N with tert-alkyl or cyclic N) is 1. The van der Waals surface area contributed by atoms with Gasteiger partial charge < -0.3 is 14.2 Å². The summed E-state index contributed by atoms with van der Waals surface area (Å²) in [6.07, 6.45) is 1.16. The average Bonchev–Trinajstić information content (AvgIpc) is 3.12. The standard InChI is InChI=1S/C23H21ClN2O4S2/c1-32(28,29)21-13-7-17(8-14-21)22-25-23(27,16-31-30-20-5-3-2-4-6-20)15-26(22)19-11-9-18(24)10-12-19/h2-14,27H,15-16H2,1H3. The maximum Gasteiger partial charge on any atom is 0.188 e. The molecule has 0 saturated carbocycles. The minimum absolute atomic E-state index is 0.205. The number of halogens is 1. The Labute approximate surface area is 196 Å². The van der Waals surface area contributed by atoms with Crippen molar-refractivity contribution in [1.29, 1.82) is 0 Å². The van der Waals surface area contributed by atoms with Gasteiger partial charge in [-0.2, -0.15) is 0 Å². The smallest absolute Gasteiger partial charge is 0.188 e. The van der Waals surface area contributed by atoms with Crippen molar-refractivity contribution in [2.45, 2.75) is 10.6 Å². The van der Waals surface area contributed by atoms with Crippen molar-refractivity contribution in [3.05, 3.63) is 89.4 Å². The number of anilines is 1. The third kappa shape index (κ3) is 5.27. The number of hydrogen-bond acceptors (Lipinski definition) is 7. The van der Waals surface area contributed by atoms with E-state index in [0.29, 0.717) is 22.2 Å². The van der Waals surface area contributed by atoms with Gasteiger partial charge in [-0.05, 0) is 60.7 Å². The van der Waals surface area contributed by atoms with E-state index in [9.17, 15) is 13.5 Å². The minimum atomic E-state index is -3.31. The zero-order valence-corrected chi connectivity index (χ0v) is 19.6. The highest BCUT2D eigenvalue weighted by Gasteiger charge is 2.39. The van der Waals surface area contributed by atoms with Gasteiger partial charge in [0.25, 0.3) is 0 Å². The first-order valence-electron chi connectivity index (χ1n) is 9.74. The van der Waals surface area contributed by atoms with E-state index in [2.05, 4.69) is 4.99 Å². The molecule has 9 heteroatoms. The second-order valence-corrected chi connectivity index (χ2v) is 10.6. The van der Waals surface area contributed by atoms with Gasteiger partial charge in [0.1, 0.15) is 11.6 Å². The van der Waals surface area contributed by atoms with E-state index in [0.717, 1.165) is 24.0 Å². The first kappa shape index (κ1) is 22.7. The fourth-order valence-corrected chi connectivity index (χ4v) is 4.68. The zero-order chi connectivity index (χ0) is 22.8. The molecule has 0 fully saturated rings. The van der Waals surface area contributed by atoms with Gasteiger partial charge >= 0.3 is 0 Å². The summed E-state index contributed by atoms with van der Waals surface area (Å²) >= 11 is 7.16. The topological polar surface area (TPSA) is 79.2 Å². The van der Waals surface area contributed by atoms with Crippen LogP contribution in [0.2, 0.25) is 5.02 Å². The summed E-state index contributed by atoms with van der Waals surface area (Å²) in [6.45, 7) is 0.211. The SMILES string of the molecule is CS(=O)(=O)c1ccc(C2=NC(O)(CSOc3ccccc3)CN2c2ccc(Cl)cc2)cc1. The van der Waals surface area contributed by atoms with Gasteiger partial charge in [0, 0.05) is 22.5 Å². The molecule has 1 atom stereocenters. The van der Waals surface area contributed by atoms with Crippen molar-refractivity contribution in [1.82, 2.24) is 0 Å². The Kier molecular flexibility index (Phi) is 6.48. The Morgan fingerprint density at radius 1 is 1.06 bits per heavy atom. The quantitative estimate of drug-likeness (QED) is 0.496. The van der Waals surface area contributed by atoms with E-state index in [1.54, 1.807) is 24.3 Å². The molecule has 1 heterocycles. The van der Waals surface area contributed by atoms with Crippen LogP contribution >= 0.6 is 23.6 Å². The lowest BCUT2D eigenvalue weighted by molar-refractivity contribution is 0.0923. The number of hydrogen-bond donors (Lipinski definition) is 1. The van der Waals surface area contributed by atoms with Gasteiger partial charge in [0.05, 0.1) is 29.2 Å². The number of rotatable bonds is 7. The molecule has 166 valence electrons. The van der Waals surface area contributed by atoms with Crippen LogP contribution < -0.4 is 9.08 Å². The maximum absolute atomic E-state index is 11.8. The predicted octanol–water partition coefficient (Wildman–Crippen LogP) is 4.43. The highest BCUT2D eigenvalue weighted by molar-refractivity contribution is 7.95. The highest BCUT2D eigenvalue weighted by atomic mass is 35.5. The molecule has 4 rings (SSSR count). The molecule has 0 amide bonds. The van der Waals surface area contributed by atoms with E-state index in [1.807, 2.05) is 47.4 Å². The molecule has 1 aliphatic rings. The molecule has 3 aromatic rings. The second-order valence-electron chi connectivity index (χ2n) is 7.44. The van der Waals surface area contributed by atoms with Crippen molar-refractivity contribution in [2.24, 2.45) is 4.99 Å². The van der Waals surface area contributed by atoms with Crippen molar-refractivity contribution in [3.63, 3.8) is 0 Å². The highest BCUT2D eigenvalue weighted by Crippen LogP contribution is 2.32. The zero-order valence-electron chi connectivity index (χ0n) is 17.2. The number of aliphatic imine (C=N–C) groups is 1. The molecular formula is C23H21ClN2O4S2. The summed E-state index contributed by atoms with van der Waals surface area (Å²) in [5.74, 6) is 1.43. The summed E-state index contributed by atoms with van der Waals surface area (Å²) in [7, 11) is -3.31. The van der Waals surface area contributed by atoms with Crippen molar-refractivity contribution >= 4 is 45.0 Å². The third-order valence-corrected chi connectivity index (χ3v) is 7.12.